The Kier molecular flexibility index (Phi) is 6.42. The van der Waals surface area contributed by atoms with Gasteiger partial charge in [0, 0.05) is 36.5 Å². The number of ether oxygens (including phenoxy) is 1. The molecule has 5 rings (SSSR count). The fourth-order valence-electron chi connectivity index (χ4n) is 4.48. The van der Waals surface area contributed by atoms with Gasteiger partial charge in [-0.2, -0.15) is 0 Å². The lowest BCUT2D eigenvalue weighted by molar-refractivity contribution is -0.114. The second kappa shape index (κ2) is 9.95. The average Bonchev–Trinajstić information content (AvgIpc) is 3.23. The van der Waals surface area contributed by atoms with E-state index in [4.69, 9.17) is 9.72 Å². The zero-order chi connectivity index (χ0) is 23.3. The third-order valence-electron chi connectivity index (χ3n) is 6.14. The highest BCUT2D eigenvalue weighted by atomic mass is 16.5. The minimum atomic E-state index is -0.0930. The van der Waals surface area contributed by atoms with Crippen molar-refractivity contribution in [1.82, 2.24) is 14.4 Å². The van der Waals surface area contributed by atoms with Crippen molar-refractivity contribution < 1.29 is 9.53 Å². The minimum Gasteiger partial charge on any atom is -0.474 e. The van der Waals surface area contributed by atoms with Gasteiger partial charge in [0.25, 0.3) is 0 Å². The Labute approximate surface area is 199 Å². The number of benzene rings is 2. The third kappa shape index (κ3) is 4.88. The van der Waals surface area contributed by atoms with Gasteiger partial charge in [-0.3, -0.25) is 4.79 Å². The molecule has 7 nitrogen and oxygen atoms in total. The van der Waals surface area contributed by atoms with Gasteiger partial charge in [-0.15, -0.1) is 0 Å². The third-order valence-corrected chi connectivity index (χ3v) is 6.14. The Morgan fingerprint density at radius 2 is 1.79 bits per heavy atom. The number of rotatable bonds is 7. The van der Waals surface area contributed by atoms with Gasteiger partial charge in [0.15, 0.2) is 0 Å². The molecule has 7 heteroatoms. The maximum atomic E-state index is 11.4. The number of carbonyl (C=O) groups is 1. The van der Waals surface area contributed by atoms with Crippen LogP contribution < -0.4 is 15.4 Å². The molecule has 0 radical (unpaired) electrons. The van der Waals surface area contributed by atoms with Crippen LogP contribution in [0.1, 0.15) is 44.6 Å². The molecule has 0 aliphatic heterocycles. The van der Waals surface area contributed by atoms with Gasteiger partial charge >= 0.3 is 0 Å². The van der Waals surface area contributed by atoms with Crippen molar-refractivity contribution in [2.45, 2.75) is 51.7 Å². The first-order valence-electron chi connectivity index (χ1n) is 11.9. The summed E-state index contributed by atoms with van der Waals surface area (Å²) in [6.07, 6.45) is 7.74. The summed E-state index contributed by atoms with van der Waals surface area (Å²) in [6.45, 7) is 1.96. The number of aromatic nitrogens is 3. The van der Waals surface area contributed by atoms with E-state index in [1.165, 1.54) is 26.2 Å². The zero-order valence-electron chi connectivity index (χ0n) is 19.3. The van der Waals surface area contributed by atoms with E-state index in [-0.39, 0.29) is 5.91 Å². The van der Waals surface area contributed by atoms with Crippen molar-refractivity contribution in [2.24, 2.45) is 0 Å². The van der Waals surface area contributed by atoms with E-state index in [0.717, 1.165) is 41.2 Å². The summed E-state index contributed by atoms with van der Waals surface area (Å²) in [4.78, 5) is 20.8. The Balaban J connectivity index is 1.54. The van der Waals surface area contributed by atoms with Crippen LogP contribution in [0.3, 0.4) is 0 Å². The van der Waals surface area contributed by atoms with E-state index in [1.54, 1.807) is 6.20 Å². The van der Waals surface area contributed by atoms with Crippen LogP contribution in [0.4, 0.5) is 11.5 Å². The fourth-order valence-corrected chi connectivity index (χ4v) is 4.48. The minimum absolute atomic E-state index is 0.0930. The van der Waals surface area contributed by atoms with E-state index >= 15 is 0 Å². The number of hydrogen-bond donors (Lipinski definition) is 2. The summed E-state index contributed by atoms with van der Waals surface area (Å²) in [5.74, 6) is 2.08. The van der Waals surface area contributed by atoms with Crippen LogP contribution in [0.15, 0.2) is 66.9 Å². The molecule has 1 fully saturated rings. The van der Waals surface area contributed by atoms with Gasteiger partial charge in [-0.05, 0) is 30.5 Å². The lowest BCUT2D eigenvalue weighted by Crippen LogP contribution is -2.23. The van der Waals surface area contributed by atoms with Gasteiger partial charge < -0.3 is 15.4 Å². The Hall–Kier alpha value is -3.87. The maximum Gasteiger partial charge on any atom is 0.238 e. The molecular formula is C27H29N5O2. The molecule has 1 aliphatic carbocycles. The Morgan fingerprint density at radius 3 is 2.53 bits per heavy atom. The van der Waals surface area contributed by atoms with E-state index in [2.05, 4.69) is 27.8 Å². The van der Waals surface area contributed by atoms with Crippen LogP contribution in [0.2, 0.25) is 0 Å². The summed E-state index contributed by atoms with van der Waals surface area (Å²) in [7, 11) is 0. The number of nitrogens with zero attached hydrogens (tertiary/aromatic N) is 3. The number of hydrogen-bond acceptors (Lipinski definition) is 5. The summed E-state index contributed by atoms with van der Waals surface area (Å²) in [5, 5.41) is 6.59. The monoisotopic (exact) mass is 455 g/mol. The number of anilines is 2. The van der Waals surface area contributed by atoms with Crippen LogP contribution in [0, 0.1) is 0 Å². The molecule has 2 N–H and O–H groups in total. The first-order valence-corrected chi connectivity index (χ1v) is 11.9. The normalized spacial score (nSPS) is 14.1. The van der Waals surface area contributed by atoms with Crippen molar-refractivity contribution in [3.8, 4) is 17.1 Å². The maximum absolute atomic E-state index is 11.4. The first kappa shape index (κ1) is 21.9. The van der Waals surface area contributed by atoms with Crippen molar-refractivity contribution in [2.75, 3.05) is 10.6 Å². The second-order valence-electron chi connectivity index (χ2n) is 8.74. The van der Waals surface area contributed by atoms with Crippen LogP contribution >= 0.6 is 0 Å². The van der Waals surface area contributed by atoms with Gasteiger partial charge in [0.2, 0.25) is 17.6 Å². The molecule has 1 saturated carbocycles. The van der Waals surface area contributed by atoms with Gasteiger partial charge in [-0.25, -0.2) is 14.4 Å². The fraction of sp³-hybridized carbons (Fsp3) is 0.296. The van der Waals surface area contributed by atoms with Gasteiger partial charge in [0.1, 0.15) is 18.1 Å². The molecule has 2 aromatic heterocycles. The molecule has 1 amide bonds. The van der Waals surface area contributed by atoms with Crippen LogP contribution in [-0.4, -0.2) is 26.3 Å². The van der Waals surface area contributed by atoms with E-state index < -0.39 is 0 Å². The molecule has 2 heterocycles. The molecular weight excluding hydrogens is 426 g/mol. The number of amides is 1. The van der Waals surface area contributed by atoms with Crippen LogP contribution in [-0.2, 0) is 11.4 Å². The number of imidazole rings is 1. The summed E-state index contributed by atoms with van der Waals surface area (Å²) in [5.41, 5.74) is 3.63. The Bertz CT molecular complexity index is 1260. The smallest absolute Gasteiger partial charge is 0.238 e. The van der Waals surface area contributed by atoms with Crippen molar-refractivity contribution in [3.63, 3.8) is 0 Å². The molecule has 0 unspecified atom stereocenters. The summed E-state index contributed by atoms with van der Waals surface area (Å²) >= 11 is 0. The van der Waals surface area contributed by atoms with E-state index in [1.807, 2.05) is 52.9 Å². The highest BCUT2D eigenvalue weighted by Gasteiger charge is 2.22. The number of nitrogens with one attached hydrogen (secondary N) is 2. The SMILES string of the molecule is CC(=O)Nc1ccc(-c2nc3nccc(OCc4ccccc4)n3c2NC2CCCCC2)cc1. The van der Waals surface area contributed by atoms with Crippen molar-refractivity contribution >= 4 is 23.2 Å². The predicted octanol–water partition coefficient (Wildman–Crippen LogP) is 5.68. The highest BCUT2D eigenvalue weighted by molar-refractivity contribution is 5.89. The number of carbonyl (C=O) groups excluding carboxylic acids is 1. The molecule has 0 atom stereocenters. The molecule has 0 bridgehead atoms. The Morgan fingerprint density at radius 1 is 1.03 bits per heavy atom. The average molecular weight is 456 g/mol. The quantitative estimate of drug-likeness (QED) is 0.375. The van der Waals surface area contributed by atoms with Crippen LogP contribution in [0.5, 0.6) is 5.88 Å². The highest BCUT2D eigenvalue weighted by Crippen LogP contribution is 2.34. The summed E-state index contributed by atoms with van der Waals surface area (Å²) in [6, 6.07) is 20.1. The molecule has 0 saturated heterocycles. The number of fused-ring (bicyclic) bond motifs is 1. The predicted molar refractivity (Wildman–Crippen MR) is 134 cm³/mol. The molecule has 2 aromatic carbocycles. The van der Waals surface area contributed by atoms with Crippen molar-refractivity contribution in [1.29, 1.82) is 0 Å². The lowest BCUT2D eigenvalue weighted by Gasteiger charge is -2.24. The van der Waals surface area contributed by atoms with Crippen molar-refractivity contribution in [3.05, 3.63) is 72.4 Å². The molecule has 34 heavy (non-hydrogen) atoms. The molecule has 0 spiro atoms. The van der Waals surface area contributed by atoms with E-state index in [9.17, 15) is 4.79 Å². The molecule has 4 aromatic rings. The van der Waals surface area contributed by atoms with Gasteiger partial charge in [0.05, 0.1) is 0 Å². The van der Waals surface area contributed by atoms with Crippen LogP contribution in [0.25, 0.3) is 17.0 Å². The standard InChI is InChI=1S/C27H29N5O2/c1-19(33)29-23-14-12-21(13-15-23)25-26(30-22-10-6-3-7-11-22)32-24(16-17-28-27(32)31-25)34-18-20-8-4-2-5-9-20/h2,4-5,8-9,12-17,22,30H,3,6-7,10-11,18H2,1H3,(H,29,33). The van der Waals surface area contributed by atoms with E-state index in [0.29, 0.717) is 24.3 Å². The topological polar surface area (TPSA) is 80.5 Å². The first-order chi connectivity index (χ1) is 16.7. The largest absolute Gasteiger partial charge is 0.474 e. The lowest BCUT2D eigenvalue weighted by atomic mass is 9.95. The van der Waals surface area contributed by atoms with Gasteiger partial charge in [-0.1, -0.05) is 61.7 Å². The molecule has 1 aliphatic rings. The zero-order valence-corrected chi connectivity index (χ0v) is 19.3. The summed E-state index contributed by atoms with van der Waals surface area (Å²) < 4.78 is 8.22. The molecule has 174 valence electrons. The second-order valence-corrected chi connectivity index (χ2v) is 8.74.